The Bertz CT molecular complexity index is 458. The van der Waals surface area contributed by atoms with E-state index in [1.807, 2.05) is 26.8 Å². The van der Waals surface area contributed by atoms with Gasteiger partial charge in [-0.15, -0.1) is 0 Å². The number of rotatable bonds is 4. The van der Waals surface area contributed by atoms with Crippen molar-refractivity contribution < 1.29 is 4.79 Å². The van der Waals surface area contributed by atoms with Crippen molar-refractivity contribution in [2.24, 2.45) is 0 Å². The summed E-state index contributed by atoms with van der Waals surface area (Å²) in [7, 11) is 0. The average molecular weight is 247 g/mol. The standard InChI is InChI=1S/C12H17N5O/c1-12(2,3)17-10(18)4-5-15-11-9(8-13)14-6-7-16-11/h6-7H,4-5H2,1-3H3,(H,15,16)(H,17,18). The van der Waals surface area contributed by atoms with Gasteiger partial charge in [0.2, 0.25) is 5.91 Å². The molecule has 0 fully saturated rings. The minimum Gasteiger partial charge on any atom is -0.367 e. The van der Waals surface area contributed by atoms with Gasteiger partial charge >= 0.3 is 0 Å². The lowest BCUT2D eigenvalue weighted by atomic mass is 10.1. The quantitative estimate of drug-likeness (QED) is 0.830. The molecule has 96 valence electrons. The second-order valence-electron chi connectivity index (χ2n) is 4.84. The highest BCUT2D eigenvalue weighted by Gasteiger charge is 2.13. The molecule has 0 spiro atoms. The van der Waals surface area contributed by atoms with Crippen LogP contribution in [0.1, 0.15) is 32.9 Å². The molecular weight excluding hydrogens is 230 g/mol. The minimum atomic E-state index is -0.235. The van der Waals surface area contributed by atoms with Crippen molar-refractivity contribution >= 4 is 11.7 Å². The molecule has 0 atom stereocenters. The zero-order chi connectivity index (χ0) is 13.6. The van der Waals surface area contributed by atoms with Crippen LogP contribution in [-0.2, 0) is 4.79 Å². The maximum atomic E-state index is 11.6. The highest BCUT2D eigenvalue weighted by Crippen LogP contribution is 2.06. The molecule has 0 aliphatic heterocycles. The van der Waals surface area contributed by atoms with Crippen LogP contribution in [0.25, 0.3) is 0 Å². The van der Waals surface area contributed by atoms with Gasteiger partial charge in [-0.25, -0.2) is 9.97 Å². The van der Waals surface area contributed by atoms with Crippen molar-refractivity contribution in [1.82, 2.24) is 15.3 Å². The lowest BCUT2D eigenvalue weighted by Crippen LogP contribution is -2.41. The van der Waals surface area contributed by atoms with E-state index in [9.17, 15) is 4.79 Å². The number of anilines is 1. The molecule has 18 heavy (non-hydrogen) atoms. The second kappa shape index (κ2) is 5.96. The van der Waals surface area contributed by atoms with E-state index in [0.717, 1.165) is 0 Å². The monoisotopic (exact) mass is 247 g/mol. The van der Waals surface area contributed by atoms with Crippen LogP contribution in [0.4, 0.5) is 5.82 Å². The molecule has 0 aliphatic rings. The van der Waals surface area contributed by atoms with E-state index in [-0.39, 0.29) is 17.1 Å². The molecule has 0 saturated heterocycles. The summed E-state index contributed by atoms with van der Waals surface area (Å²) in [5.41, 5.74) is -0.00437. The number of nitrogens with zero attached hydrogens (tertiary/aromatic N) is 3. The zero-order valence-electron chi connectivity index (χ0n) is 10.8. The molecule has 0 unspecified atom stereocenters. The molecule has 1 aromatic heterocycles. The summed E-state index contributed by atoms with van der Waals surface area (Å²) in [5, 5.41) is 14.6. The molecule has 0 aromatic carbocycles. The first-order valence-electron chi connectivity index (χ1n) is 5.68. The Morgan fingerprint density at radius 2 is 2.06 bits per heavy atom. The van der Waals surface area contributed by atoms with E-state index in [1.54, 1.807) is 0 Å². The van der Waals surface area contributed by atoms with Gasteiger partial charge in [0.05, 0.1) is 0 Å². The van der Waals surface area contributed by atoms with Crippen LogP contribution in [0.5, 0.6) is 0 Å². The molecule has 1 aromatic rings. The third-order valence-corrected chi connectivity index (χ3v) is 1.96. The molecule has 2 N–H and O–H groups in total. The van der Waals surface area contributed by atoms with Gasteiger partial charge in [0.1, 0.15) is 6.07 Å². The first-order chi connectivity index (χ1) is 8.42. The van der Waals surface area contributed by atoms with Gasteiger partial charge in [-0.2, -0.15) is 5.26 Å². The van der Waals surface area contributed by atoms with E-state index >= 15 is 0 Å². The first kappa shape index (κ1) is 13.9. The number of nitrogens with one attached hydrogen (secondary N) is 2. The van der Waals surface area contributed by atoms with Crippen LogP contribution in [-0.4, -0.2) is 28.0 Å². The fourth-order valence-corrected chi connectivity index (χ4v) is 1.32. The van der Waals surface area contributed by atoms with Crippen molar-refractivity contribution in [1.29, 1.82) is 5.26 Å². The van der Waals surface area contributed by atoms with Crippen LogP contribution >= 0.6 is 0 Å². The molecule has 1 amide bonds. The average Bonchev–Trinajstić information content (AvgIpc) is 2.27. The van der Waals surface area contributed by atoms with E-state index in [0.29, 0.717) is 18.8 Å². The zero-order valence-corrected chi connectivity index (χ0v) is 10.8. The molecule has 1 rings (SSSR count). The fraction of sp³-hybridized carbons (Fsp3) is 0.500. The maximum Gasteiger partial charge on any atom is 0.222 e. The molecule has 0 bridgehead atoms. The maximum absolute atomic E-state index is 11.6. The molecule has 6 nitrogen and oxygen atoms in total. The van der Waals surface area contributed by atoms with Gasteiger partial charge < -0.3 is 10.6 Å². The van der Waals surface area contributed by atoms with Crippen LogP contribution in [0.2, 0.25) is 0 Å². The lowest BCUT2D eigenvalue weighted by Gasteiger charge is -2.20. The molecule has 1 heterocycles. The Balaban J connectivity index is 2.43. The van der Waals surface area contributed by atoms with Crippen molar-refractivity contribution in [3.05, 3.63) is 18.1 Å². The SMILES string of the molecule is CC(C)(C)NC(=O)CCNc1nccnc1C#N. The Labute approximate surface area is 106 Å². The minimum absolute atomic E-state index is 0.0441. The third kappa shape index (κ3) is 4.78. The van der Waals surface area contributed by atoms with Gasteiger partial charge in [-0.05, 0) is 20.8 Å². The van der Waals surface area contributed by atoms with Crippen molar-refractivity contribution in [3.63, 3.8) is 0 Å². The van der Waals surface area contributed by atoms with Crippen LogP contribution < -0.4 is 10.6 Å². The highest BCUT2D eigenvalue weighted by atomic mass is 16.1. The van der Waals surface area contributed by atoms with E-state index in [2.05, 4.69) is 20.6 Å². The molecule has 0 saturated carbocycles. The second-order valence-corrected chi connectivity index (χ2v) is 4.84. The van der Waals surface area contributed by atoms with Gasteiger partial charge in [-0.1, -0.05) is 0 Å². The Morgan fingerprint density at radius 1 is 1.39 bits per heavy atom. The summed E-state index contributed by atoms with van der Waals surface area (Å²) in [6.45, 7) is 6.19. The Morgan fingerprint density at radius 3 is 2.67 bits per heavy atom. The van der Waals surface area contributed by atoms with Crippen LogP contribution in [0, 0.1) is 11.3 Å². The predicted octanol–water partition coefficient (Wildman–Crippen LogP) is 1.06. The summed E-state index contributed by atoms with van der Waals surface area (Å²) in [4.78, 5) is 19.4. The number of hydrogen-bond donors (Lipinski definition) is 2. The highest BCUT2D eigenvalue weighted by molar-refractivity contribution is 5.77. The molecule has 0 aliphatic carbocycles. The summed E-state index contributed by atoms with van der Waals surface area (Å²) in [6, 6.07) is 1.94. The van der Waals surface area contributed by atoms with Crippen LogP contribution in [0.15, 0.2) is 12.4 Å². The Hall–Kier alpha value is -2.16. The van der Waals surface area contributed by atoms with Crippen molar-refractivity contribution in [3.8, 4) is 6.07 Å². The summed E-state index contributed by atoms with van der Waals surface area (Å²) in [6.07, 6.45) is 3.27. The topological polar surface area (TPSA) is 90.7 Å². The van der Waals surface area contributed by atoms with Crippen molar-refractivity contribution in [2.45, 2.75) is 32.7 Å². The summed E-state index contributed by atoms with van der Waals surface area (Å²) < 4.78 is 0. The Kier molecular flexibility index (Phi) is 4.60. The number of carbonyl (C=O) groups is 1. The van der Waals surface area contributed by atoms with E-state index in [4.69, 9.17) is 5.26 Å². The third-order valence-electron chi connectivity index (χ3n) is 1.96. The summed E-state index contributed by atoms with van der Waals surface area (Å²) in [5.74, 6) is 0.362. The fourth-order valence-electron chi connectivity index (χ4n) is 1.32. The van der Waals surface area contributed by atoms with Gasteiger partial charge in [0.15, 0.2) is 11.5 Å². The van der Waals surface area contributed by atoms with Crippen molar-refractivity contribution in [2.75, 3.05) is 11.9 Å². The number of nitriles is 1. The molecule has 6 heteroatoms. The first-order valence-corrected chi connectivity index (χ1v) is 5.68. The van der Waals surface area contributed by atoms with Gasteiger partial charge in [-0.3, -0.25) is 4.79 Å². The number of amides is 1. The largest absolute Gasteiger partial charge is 0.367 e. The smallest absolute Gasteiger partial charge is 0.222 e. The van der Waals surface area contributed by atoms with E-state index in [1.165, 1.54) is 12.4 Å². The predicted molar refractivity (Wildman–Crippen MR) is 67.7 cm³/mol. The van der Waals surface area contributed by atoms with Gasteiger partial charge in [0, 0.05) is 30.9 Å². The van der Waals surface area contributed by atoms with Crippen LogP contribution in [0.3, 0.4) is 0 Å². The summed E-state index contributed by atoms with van der Waals surface area (Å²) >= 11 is 0. The molecular formula is C12H17N5O. The van der Waals surface area contributed by atoms with E-state index < -0.39 is 0 Å². The number of carbonyl (C=O) groups excluding carboxylic acids is 1. The number of aromatic nitrogens is 2. The molecule has 0 radical (unpaired) electrons. The van der Waals surface area contributed by atoms with Gasteiger partial charge in [0.25, 0.3) is 0 Å². The number of hydrogen-bond acceptors (Lipinski definition) is 5. The normalized spacial score (nSPS) is 10.6. The lowest BCUT2D eigenvalue weighted by molar-refractivity contribution is -0.122.